The van der Waals surface area contributed by atoms with Crippen LogP contribution in [0.3, 0.4) is 0 Å². The third-order valence-electron chi connectivity index (χ3n) is 4.86. The molecule has 1 atom stereocenters. The highest BCUT2D eigenvalue weighted by atomic mass is 19.1. The van der Waals surface area contributed by atoms with Gasteiger partial charge in [0.1, 0.15) is 24.0 Å². The summed E-state index contributed by atoms with van der Waals surface area (Å²) in [6.07, 6.45) is 0.970. The van der Waals surface area contributed by atoms with E-state index in [-0.39, 0.29) is 5.56 Å². The summed E-state index contributed by atoms with van der Waals surface area (Å²) < 4.78 is 33.2. The molecule has 1 fully saturated rings. The molecule has 0 radical (unpaired) electrons. The van der Waals surface area contributed by atoms with Crippen LogP contribution in [-0.4, -0.2) is 30.6 Å². The van der Waals surface area contributed by atoms with Crippen molar-refractivity contribution in [1.29, 1.82) is 0 Å². The number of hydrogen-bond donors (Lipinski definition) is 0. The summed E-state index contributed by atoms with van der Waals surface area (Å²) in [5.74, 6) is 5.74. The number of benzene rings is 2. The fraction of sp³-hybridized carbons (Fsp3) is 0.333. The van der Waals surface area contributed by atoms with Crippen LogP contribution in [-0.2, 0) is 6.42 Å². The van der Waals surface area contributed by atoms with E-state index in [1.807, 2.05) is 18.2 Å². The maximum atomic E-state index is 13.6. The molecule has 25 heavy (non-hydrogen) atoms. The highest BCUT2D eigenvalue weighted by Gasteiger charge is 2.32. The lowest BCUT2D eigenvalue weighted by molar-refractivity contribution is 0.0300. The zero-order valence-electron chi connectivity index (χ0n) is 14.1. The van der Waals surface area contributed by atoms with Gasteiger partial charge in [-0.3, -0.25) is 4.90 Å². The smallest absolute Gasteiger partial charge is 0.141 e. The largest absolute Gasteiger partial charge is 0.492 e. The molecule has 4 heteroatoms. The third-order valence-corrected chi connectivity index (χ3v) is 4.86. The minimum atomic E-state index is -0.645. The molecule has 0 aliphatic carbocycles. The van der Waals surface area contributed by atoms with Gasteiger partial charge in [0.15, 0.2) is 0 Å². The van der Waals surface area contributed by atoms with Gasteiger partial charge in [-0.1, -0.05) is 30.9 Å². The molecular formula is C21H19F2NO. The fourth-order valence-electron chi connectivity index (χ4n) is 3.47. The van der Waals surface area contributed by atoms with Crippen molar-refractivity contribution in [2.75, 3.05) is 19.7 Å². The Balaban J connectivity index is 1.52. The van der Waals surface area contributed by atoms with Gasteiger partial charge in [0.05, 0.1) is 5.56 Å². The Hall–Kier alpha value is -2.38. The highest BCUT2D eigenvalue weighted by molar-refractivity contribution is 5.49. The maximum Gasteiger partial charge on any atom is 0.141 e. The second-order valence-electron chi connectivity index (χ2n) is 6.90. The molecule has 2 aliphatic heterocycles. The van der Waals surface area contributed by atoms with Gasteiger partial charge in [-0.05, 0) is 42.2 Å². The van der Waals surface area contributed by atoms with Crippen LogP contribution in [0.2, 0.25) is 0 Å². The average Bonchev–Trinajstić information content (AvgIpc) is 2.58. The van der Waals surface area contributed by atoms with Crippen molar-refractivity contribution < 1.29 is 13.5 Å². The lowest BCUT2D eigenvalue weighted by Gasteiger charge is -2.44. The molecule has 0 amide bonds. The predicted octanol–water partition coefficient (Wildman–Crippen LogP) is 3.62. The normalized spacial score (nSPS) is 20.0. The Morgan fingerprint density at radius 1 is 1.08 bits per heavy atom. The molecule has 0 bridgehead atoms. The molecule has 2 nitrogen and oxygen atoms in total. The maximum absolute atomic E-state index is 13.6. The molecule has 4 rings (SSSR count). The molecule has 2 aliphatic rings. The molecule has 2 heterocycles. The van der Waals surface area contributed by atoms with Crippen LogP contribution in [0.15, 0.2) is 36.4 Å². The molecular weight excluding hydrogens is 320 g/mol. The van der Waals surface area contributed by atoms with Gasteiger partial charge in [-0.2, -0.15) is 0 Å². The van der Waals surface area contributed by atoms with Crippen LogP contribution in [0.1, 0.15) is 23.6 Å². The van der Waals surface area contributed by atoms with Crippen molar-refractivity contribution in [3.05, 3.63) is 64.7 Å². The van der Waals surface area contributed by atoms with Gasteiger partial charge < -0.3 is 4.74 Å². The summed E-state index contributed by atoms with van der Waals surface area (Å²) >= 11 is 0. The average molecular weight is 339 g/mol. The summed E-state index contributed by atoms with van der Waals surface area (Å²) in [7, 11) is 0. The van der Waals surface area contributed by atoms with Crippen molar-refractivity contribution in [3.8, 4) is 17.6 Å². The molecule has 2 aromatic carbocycles. The van der Waals surface area contributed by atoms with Gasteiger partial charge in [0.25, 0.3) is 0 Å². The van der Waals surface area contributed by atoms with Crippen LogP contribution < -0.4 is 4.74 Å². The second kappa shape index (κ2) is 6.50. The Kier molecular flexibility index (Phi) is 4.19. The Bertz CT molecular complexity index is 842. The number of hydrogen-bond acceptors (Lipinski definition) is 2. The lowest BCUT2D eigenvalue weighted by atomic mass is 9.94. The van der Waals surface area contributed by atoms with Crippen LogP contribution in [0, 0.1) is 29.4 Å². The third kappa shape index (κ3) is 3.25. The van der Waals surface area contributed by atoms with Crippen molar-refractivity contribution in [3.63, 3.8) is 0 Å². The molecule has 0 aromatic heterocycles. The number of nitrogens with zero attached hydrogens (tertiary/aromatic N) is 1. The topological polar surface area (TPSA) is 12.5 Å². The van der Waals surface area contributed by atoms with E-state index in [4.69, 9.17) is 4.74 Å². The predicted molar refractivity (Wildman–Crippen MR) is 92.5 cm³/mol. The van der Waals surface area contributed by atoms with Gasteiger partial charge in [-0.15, -0.1) is 0 Å². The van der Waals surface area contributed by atoms with Crippen molar-refractivity contribution in [1.82, 2.24) is 4.90 Å². The molecule has 128 valence electrons. The Morgan fingerprint density at radius 2 is 1.84 bits per heavy atom. The first-order chi connectivity index (χ1) is 12.1. The minimum Gasteiger partial charge on any atom is -0.492 e. The molecule has 0 spiro atoms. The summed E-state index contributed by atoms with van der Waals surface area (Å²) in [5.41, 5.74) is 1.66. The van der Waals surface area contributed by atoms with E-state index in [2.05, 4.69) is 23.7 Å². The number of rotatable bonds is 1. The van der Waals surface area contributed by atoms with Crippen molar-refractivity contribution in [2.24, 2.45) is 5.92 Å². The Morgan fingerprint density at radius 3 is 2.56 bits per heavy atom. The first kappa shape index (κ1) is 16.1. The van der Waals surface area contributed by atoms with Crippen LogP contribution >= 0.6 is 0 Å². The lowest BCUT2D eigenvalue weighted by Crippen LogP contribution is -2.54. The van der Waals surface area contributed by atoms with Crippen molar-refractivity contribution in [2.45, 2.75) is 19.4 Å². The van der Waals surface area contributed by atoms with Gasteiger partial charge >= 0.3 is 0 Å². The monoisotopic (exact) mass is 339 g/mol. The second-order valence-corrected chi connectivity index (χ2v) is 6.90. The Labute approximate surface area is 146 Å². The van der Waals surface area contributed by atoms with E-state index in [0.29, 0.717) is 18.2 Å². The van der Waals surface area contributed by atoms with Crippen molar-refractivity contribution >= 4 is 0 Å². The first-order valence-corrected chi connectivity index (χ1v) is 8.56. The molecule has 0 saturated carbocycles. The SMILES string of the molecule is CC1CN(C2COc3cc(C#Cc4c(F)cccc4F)ccc3C2)C1. The minimum absolute atomic E-state index is 0.201. The van der Waals surface area contributed by atoms with E-state index in [1.165, 1.54) is 23.8 Å². The van der Waals surface area contributed by atoms with Crippen LogP contribution in [0.25, 0.3) is 0 Å². The quantitative estimate of drug-likeness (QED) is 0.736. The summed E-state index contributed by atoms with van der Waals surface area (Å²) in [5, 5.41) is 0. The first-order valence-electron chi connectivity index (χ1n) is 8.56. The van der Waals surface area contributed by atoms with E-state index in [1.54, 1.807) is 0 Å². The summed E-state index contributed by atoms with van der Waals surface area (Å²) in [6.45, 7) is 5.22. The van der Waals surface area contributed by atoms with Gasteiger partial charge in [0, 0.05) is 24.7 Å². The standard InChI is InChI=1S/C21H19F2NO/c1-14-11-24(12-14)17-10-16-7-5-15(9-21(16)25-13-17)6-8-18-19(22)3-2-4-20(18)23/h2-5,7,9,14,17H,10-13H2,1H3. The van der Waals surface area contributed by atoms with E-state index < -0.39 is 11.6 Å². The van der Waals surface area contributed by atoms with E-state index in [0.717, 1.165) is 31.2 Å². The summed E-state index contributed by atoms with van der Waals surface area (Å²) in [6, 6.07) is 9.93. The summed E-state index contributed by atoms with van der Waals surface area (Å²) in [4.78, 5) is 2.46. The number of likely N-dealkylation sites (tertiary alicyclic amines) is 1. The number of fused-ring (bicyclic) bond motifs is 1. The molecule has 1 unspecified atom stereocenters. The molecule has 0 N–H and O–H groups in total. The number of ether oxygens (including phenoxy) is 1. The van der Waals surface area contributed by atoms with Gasteiger partial charge in [-0.25, -0.2) is 8.78 Å². The zero-order valence-corrected chi connectivity index (χ0v) is 14.1. The highest BCUT2D eigenvalue weighted by Crippen LogP contribution is 2.30. The van der Waals surface area contributed by atoms with Gasteiger partial charge in [0.2, 0.25) is 0 Å². The molecule has 2 aromatic rings. The fourth-order valence-corrected chi connectivity index (χ4v) is 3.47. The van der Waals surface area contributed by atoms with Crippen LogP contribution in [0.5, 0.6) is 5.75 Å². The van der Waals surface area contributed by atoms with E-state index >= 15 is 0 Å². The van der Waals surface area contributed by atoms with E-state index in [9.17, 15) is 8.78 Å². The van der Waals surface area contributed by atoms with Crippen LogP contribution in [0.4, 0.5) is 8.78 Å². The number of halogens is 2. The molecule has 1 saturated heterocycles. The zero-order chi connectivity index (χ0) is 17.4.